The van der Waals surface area contributed by atoms with Gasteiger partial charge in [-0.25, -0.2) is 0 Å². The molecule has 1 saturated heterocycles. The second kappa shape index (κ2) is 7.09. The Balaban J connectivity index is 1.95. The minimum Gasteiger partial charge on any atom is -0.377 e. The van der Waals surface area contributed by atoms with Gasteiger partial charge in [-0.15, -0.1) is 0 Å². The van der Waals surface area contributed by atoms with E-state index in [0.29, 0.717) is 18.7 Å². The van der Waals surface area contributed by atoms with Crippen LogP contribution in [0.5, 0.6) is 0 Å². The fourth-order valence-corrected chi connectivity index (χ4v) is 2.47. The van der Waals surface area contributed by atoms with Crippen LogP contribution in [0.15, 0.2) is 30.3 Å². The molecule has 2 atom stereocenters. The van der Waals surface area contributed by atoms with Crippen LogP contribution in [0.1, 0.15) is 37.3 Å². The highest BCUT2D eigenvalue weighted by Gasteiger charge is 2.32. The van der Waals surface area contributed by atoms with Gasteiger partial charge < -0.3 is 10.1 Å². The summed E-state index contributed by atoms with van der Waals surface area (Å²) in [5, 5.41) is 3.02. The Hall–Kier alpha value is -1.07. The zero-order valence-corrected chi connectivity index (χ0v) is 11.3. The number of halogens is 3. The third-order valence-electron chi connectivity index (χ3n) is 3.50. The van der Waals surface area contributed by atoms with Crippen molar-refractivity contribution in [2.75, 3.05) is 13.2 Å². The first-order valence-electron chi connectivity index (χ1n) is 7.01. The third kappa shape index (κ3) is 5.13. The van der Waals surface area contributed by atoms with Crippen molar-refractivity contribution in [2.24, 2.45) is 0 Å². The monoisotopic (exact) mass is 287 g/mol. The zero-order chi connectivity index (χ0) is 14.4. The van der Waals surface area contributed by atoms with Crippen molar-refractivity contribution in [2.45, 2.75) is 44.0 Å². The molecular formula is C15H20F3NO. The molecule has 0 aliphatic carbocycles. The smallest absolute Gasteiger partial charge is 0.377 e. The summed E-state index contributed by atoms with van der Waals surface area (Å²) < 4.78 is 43.6. The van der Waals surface area contributed by atoms with Gasteiger partial charge in [-0.2, -0.15) is 13.2 Å². The minimum atomic E-state index is -4.18. The minimum absolute atomic E-state index is 0.0307. The van der Waals surface area contributed by atoms with Crippen LogP contribution in [0, 0.1) is 0 Å². The summed E-state index contributed by atoms with van der Waals surface area (Å²) in [6, 6.07) is 8.07. The van der Waals surface area contributed by atoms with E-state index in [1.54, 1.807) is 30.3 Å². The van der Waals surface area contributed by atoms with Crippen molar-refractivity contribution >= 4 is 0 Å². The van der Waals surface area contributed by atoms with Crippen LogP contribution in [0.3, 0.4) is 0 Å². The molecule has 0 radical (unpaired) electrons. The standard InChI is InChI=1S/C15H20F3NO/c16-15(17,18)10-14(12-6-2-1-3-7-12)19-11-13-8-4-5-9-20-13/h1-3,6-7,13-14,19H,4-5,8-11H2. The average molecular weight is 287 g/mol. The van der Waals surface area contributed by atoms with Gasteiger partial charge in [0.15, 0.2) is 0 Å². The van der Waals surface area contributed by atoms with Crippen LogP contribution >= 0.6 is 0 Å². The lowest BCUT2D eigenvalue weighted by Crippen LogP contribution is -2.35. The predicted octanol–water partition coefficient (Wildman–Crippen LogP) is 3.84. The number of hydrogen-bond donors (Lipinski definition) is 1. The van der Waals surface area contributed by atoms with Crippen LogP contribution in [0.25, 0.3) is 0 Å². The Morgan fingerprint density at radius 2 is 1.95 bits per heavy atom. The van der Waals surface area contributed by atoms with E-state index in [9.17, 15) is 13.2 Å². The Labute approximate surface area is 117 Å². The zero-order valence-electron chi connectivity index (χ0n) is 11.3. The molecule has 0 saturated carbocycles. The first kappa shape index (κ1) is 15.3. The van der Waals surface area contributed by atoms with E-state index in [2.05, 4.69) is 5.32 Å². The SMILES string of the molecule is FC(F)(F)CC(NCC1CCCCO1)c1ccccc1. The number of benzene rings is 1. The summed E-state index contributed by atoms with van der Waals surface area (Å²) in [5.74, 6) is 0. The maximum absolute atomic E-state index is 12.7. The van der Waals surface area contributed by atoms with Crippen molar-refractivity contribution in [1.29, 1.82) is 0 Å². The van der Waals surface area contributed by atoms with Gasteiger partial charge in [-0.3, -0.25) is 0 Å². The second-order valence-corrected chi connectivity index (χ2v) is 5.18. The molecule has 0 aromatic heterocycles. The molecular weight excluding hydrogens is 267 g/mol. The highest BCUT2D eigenvalue weighted by molar-refractivity contribution is 5.19. The normalized spacial score (nSPS) is 21.6. The molecule has 1 N–H and O–H groups in total. The molecule has 2 rings (SSSR count). The van der Waals surface area contributed by atoms with Crippen LogP contribution < -0.4 is 5.32 Å². The Morgan fingerprint density at radius 1 is 1.20 bits per heavy atom. The summed E-state index contributed by atoms with van der Waals surface area (Å²) in [6.07, 6.45) is -1.96. The molecule has 0 amide bonds. The molecule has 0 spiro atoms. The van der Waals surface area contributed by atoms with Gasteiger partial charge >= 0.3 is 6.18 Å². The van der Waals surface area contributed by atoms with Crippen molar-refractivity contribution < 1.29 is 17.9 Å². The summed E-state index contributed by atoms with van der Waals surface area (Å²) in [4.78, 5) is 0. The summed E-state index contributed by atoms with van der Waals surface area (Å²) in [7, 11) is 0. The number of ether oxygens (including phenoxy) is 1. The first-order chi connectivity index (χ1) is 9.54. The second-order valence-electron chi connectivity index (χ2n) is 5.18. The lowest BCUT2D eigenvalue weighted by molar-refractivity contribution is -0.141. The Bertz CT molecular complexity index is 388. The summed E-state index contributed by atoms with van der Waals surface area (Å²) >= 11 is 0. The molecule has 5 heteroatoms. The van der Waals surface area contributed by atoms with Gasteiger partial charge in [0.1, 0.15) is 0 Å². The maximum atomic E-state index is 12.7. The number of alkyl halides is 3. The van der Waals surface area contributed by atoms with Crippen molar-refractivity contribution in [3.63, 3.8) is 0 Å². The lowest BCUT2D eigenvalue weighted by atomic mass is 10.0. The maximum Gasteiger partial charge on any atom is 0.390 e. The Kier molecular flexibility index (Phi) is 5.43. The van der Waals surface area contributed by atoms with Crippen molar-refractivity contribution in [3.05, 3.63) is 35.9 Å². The van der Waals surface area contributed by atoms with Gasteiger partial charge in [-0.05, 0) is 24.8 Å². The van der Waals surface area contributed by atoms with E-state index in [4.69, 9.17) is 4.74 Å². The summed E-state index contributed by atoms with van der Waals surface area (Å²) in [6.45, 7) is 1.18. The van der Waals surface area contributed by atoms with E-state index >= 15 is 0 Å². The Morgan fingerprint density at radius 3 is 2.55 bits per heavy atom. The van der Waals surface area contributed by atoms with Crippen LogP contribution in [0.2, 0.25) is 0 Å². The van der Waals surface area contributed by atoms with Gasteiger partial charge in [-0.1, -0.05) is 30.3 Å². The molecule has 20 heavy (non-hydrogen) atoms. The molecule has 112 valence electrons. The van der Waals surface area contributed by atoms with Gasteiger partial charge in [0.2, 0.25) is 0 Å². The molecule has 1 aromatic carbocycles. The molecule has 1 aliphatic rings. The topological polar surface area (TPSA) is 21.3 Å². The number of nitrogens with one attached hydrogen (secondary N) is 1. The van der Waals surface area contributed by atoms with Crippen molar-refractivity contribution in [1.82, 2.24) is 5.32 Å². The lowest BCUT2D eigenvalue weighted by Gasteiger charge is -2.27. The number of hydrogen-bond acceptors (Lipinski definition) is 2. The van der Waals surface area contributed by atoms with Crippen LogP contribution in [-0.4, -0.2) is 25.4 Å². The van der Waals surface area contributed by atoms with Crippen molar-refractivity contribution in [3.8, 4) is 0 Å². The molecule has 1 fully saturated rings. The quantitative estimate of drug-likeness (QED) is 0.888. The molecule has 2 unspecified atom stereocenters. The molecule has 0 bridgehead atoms. The highest BCUT2D eigenvalue weighted by Crippen LogP contribution is 2.29. The van der Waals surface area contributed by atoms with E-state index in [1.165, 1.54) is 0 Å². The van der Waals surface area contributed by atoms with Crippen LogP contribution in [-0.2, 0) is 4.74 Å². The molecule has 1 aromatic rings. The van der Waals surface area contributed by atoms with E-state index in [0.717, 1.165) is 19.3 Å². The predicted molar refractivity (Wildman–Crippen MR) is 71.4 cm³/mol. The van der Waals surface area contributed by atoms with E-state index < -0.39 is 18.6 Å². The molecule has 1 heterocycles. The van der Waals surface area contributed by atoms with E-state index in [1.807, 2.05) is 0 Å². The molecule has 1 aliphatic heterocycles. The third-order valence-corrected chi connectivity index (χ3v) is 3.50. The molecule has 2 nitrogen and oxygen atoms in total. The van der Waals surface area contributed by atoms with Crippen LogP contribution in [0.4, 0.5) is 13.2 Å². The first-order valence-corrected chi connectivity index (χ1v) is 7.01. The summed E-state index contributed by atoms with van der Waals surface area (Å²) in [5.41, 5.74) is 0.667. The fourth-order valence-electron chi connectivity index (χ4n) is 2.47. The average Bonchev–Trinajstić information content (AvgIpc) is 2.44. The van der Waals surface area contributed by atoms with Gasteiger partial charge in [0.05, 0.1) is 12.5 Å². The van der Waals surface area contributed by atoms with E-state index in [-0.39, 0.29) is 6.10 Å². The largest absolute Gasteiger partial charge is 0.390 e. The number of rotatable bonds is 5. The fraction of sp³-hybridized carbons (Fsp3) is 0.600. The van der Waals surface area contributed by atoms with Gasteiger partial charge in [0, 0.05) is 19.2 Å². The highest BCUT2D eigenvalue weighted by atomic mass is 19.4. The van der Waals surface area contributed by atoms with Gasteiger partial charge in [0.25, 0.3) is 0 Å².